The van der Waals surface area contributed by atoms with Gasteiger partial charge in [0.15, 0.2) is 0 Å². The van der Waals surface area contributed by atoms with Gasteiger partial charge in [-0.15, -0.1) is 0 Å². The maximum absolute atomic E-state index is 3.81. The minimum absolute atomic E-state index is 0.682. The molecule has 2 fully saturated rings. The minimum Gasteiger partial charge on any atom is -0.310 e. The fourth-order valence-corrected chi connectivity index (χ4v) is 5.70. The lowest BCUT2D eigenvalue weighted by Gasteiger charge is -2.32. The first-order valence-corrected chi connectivity index (χ1v) is 11.6. The van der Waals surface area contributed by atoms with Gasteiger partial charge < -0.3 is 5.32 Å². The van der Waals surface area contributed by atoms with Crippen molar-refractivity contribution in [3.05, 3.63) is 34.9 Å². The molecule has 0 amide bonds. The molecule has 2 aliphatic carbocycles. The molecule has 3 atom stereocenters. The summed E-state index contributed by atoms with van der Waals surface area (Å²) >= 11 is 0. The quantitative estimate of drug-likeness (QED) is 0.613. The number of hydrogen-bond acceptors (Lipinski definition) is 3. The van der Waals surface area contributed by atoms with Crippen molar-refractivity contribution in [1.29, 1.82) is 0 Å². The lowest BCUT2D eigenvalue weighted by Crippen LogP contribution is -2.42. The van der Waals surface area contributed by atoms with E-state index in [-0.39, 0.29) is 0 Å². The molecule has 4 rings (SSSR count). The zero-order valence-corrected chi connectivity index (χ0v) is 17.2. The van der Waals surface area contributed by atoms with E-state index in [1.165, 1.54) is 82.7 Å². The number of rotatable bonds is 7. The highest BCUT2D eigenvalue weighted by Crippen LogP contribution is 2.33. The van der Waals surface area contributed by atoms with Gasteiger partial charge in [0.05, 0.1) is 0 Å². The minimum atomic E-state index is 0.682. The average Bonchev–Trinajstić information content (AvgIpc) is 3.20. The second kappa shape index (κ2) is 9.54. The van der Waals surface area contributed by atoms with E-state index in [1.807, 2.05) is 0 Å². The van der Waals surface area contributed by atoms with Gasteiger partial charge in [0.1, 0.15) is 0 Å². The van der Waals surface area contributed by atoms with Crippen molar-refractivity contribution in [2.75, 3.05) is 6.54 Å². The summed E-state index contributed by atoms with van der Waals surface area (Å²) < 4.78 is 0. The van der Waals surface area contributed by atoms with Crippen LogP contribution < -0.4 is 16.2 Å². The van der Waals surface area contributed by atoms with E-state index in [0.29, 0.717) is 6.04 Å². The van der Waals surface area contributed by atoms with Gasteiger partial charge in [-0.25, -0.2) is 0 Å². The van der Waals surface area contributed by atoms with Crippen LogP contribution in [0.15, 0.2) is 18.2 Å². The van der Waals surface area contributed by atoms with Gasteiger partial charge in [-0.2, -0.15) is 0 Å². The number of hydrazine groups is 1. The third-order valence-corrected chi connectivity index (χ3v) is 7.41. The highest BCUT2D eigenvalue weighted by atomic mass is 15.4. The monoisotopic (exact) mass is 369 g/mol. The third kappa shape index (κ3) is 5.34. The van der Waals surface area contributed by atoms with Gasteiger partial charge >= 0.3 is 0 Å². The first kappa shape index (κ1) is 19.4. The molecule has 1 aliphatic heterocycles. The topological polar surface area (TPSA) is 36.1 Å². The summed E-state index contributed by atoms with van der Waals surface area (Å²) in [5.41, 5.74) is 11.7. The Morgan fingerprint density at radius 2 is 1.85 bits per heavy atom. The molecule has 3 unspecified atom stereocenters. The molecule has 3 heteroatoms. The number of fused-ring (bicyclic) bond motifs is 1. The maximum Gasteiger partial charge on any atom is 0.0213 e. The number of benzene rings is 1. The van der Waals surface area contributed by atoms with Crippen molar-refractivity contribution < 1.29 is 0 Å². The van der Waals surface area contributed by atoms with Crippen LogP contribution >= 0.6 is 0 Å². The number of aryl methyl sites for hydroxylation is 1. The van der Waals surface area contributed by atoms with Gasteiger partial charge in [0.25, 0.3) is 0 Å². The first-order chi connectivity index (χ1) is 13.3. The van der Waals surface area contributed by atoms with Crippen molar-refractivity contribution in [1.82, 2.24) is 16.2 Å². The van der Waals surface area contributed by atoms with Gasteiger partial charge in [0.2, 0.25) is 0 Å². The smallest absolute Gasteiger partial charge is 0.0213 e. The van der Waals surface area contributed by atoms with Crippen LogP contribution in [-0.2, 0) is 13.0 Å². The van der Waals surface area contributed by atoms with E-state index >= 15 is 0 Å². The summed E-state index contributed by atoms with van der Waals surface area (Å²) in [5, 5.41) is 3.81. The first-order valence-electron chi connectivity index (χ1n) is 11.6. The van der Waals surface area contributed by atoms with E-state index < -0.39 is 0 Å². The van der Waals surface area contributed by atoms with Crippen LogP contribution in [0.1, 0.15) is 80.9 Å². The summed E-state index contributed by atoms with van der Waals surface area (Å²) in [5.74, 6) is 1.82. The zero-order chi connectivity index (χ0) is 18.5. The van der Waals surface area contributed by atoms with Crippen LogP contribution in [0.5, 0.6) is 0 Å². The summed E-state index contributed by atoms with van der Waals surface area (Å²) in [6, 6.07) is 8.23. The molecule has 0 saturated heterocycles. The third-order valence-electron chi connectivity index (χ3n) is 7.41. The SMILES string of the molecule is Cc1cccc2c1CNC(CCC1CCCC(CNNC3CCCC3)C1)C2. The van der Waals surface area contributed by atoms with Crippen LogP contribution in [-0.4, -0.2) is 18.6 Å². The average molecular weight is 370 g/mol. The molecular formula is C24H39N3. The standard InChI is InChI=1S/C24H39N3/c1-18-6-4-9-21-15-23(25-17-24(18)21)13-12-19-7-5-8-20(14-19)16-26-27-22-10-2-3-11-22/h4,6,9,19-20,22-23,25-27H,2-3,5,7-8,10-17H2,1H3. The van der Waals surface area contributed by atoms with Crippen molar-refractivity contribution in [3.8, 4) is 0 Å². The predicted octanol–water partition coefficient (Wildman–Crippen LogP) is 4.63. The molecule has 2 saturated carbocycles. The van der Waals surface area contributed by atoms with Crippen LogP contribution in [0.3, 0.4) is 0 Å². The van der Waals surface area contributed by atoms with Crippen LogP contribution in [0, 0.1) is 18.8 Å². The Kier molecular flexibility index (Phi) is 6.86. The van der Waals surface area contributed by atoms with E-state index in [2.05, 4.69) is 41.3 Å². The summed E-state index contributed by atoms with van der Waals surface area (Å²) in [4.78, 5) is 0. The van der Waals surface area contributed by atoms with Gasteiger partial charge in [-0.3, -0.25) is 10.9 Å². The number of hydrogen-bond donors (Lipinski definition) is 3. The Morgan fingerprint density at radius 1 is 1.00 bits per heavy atom. The summed E-state index contributed by atoms with van der Waals surface area (Å²) in [6.07, 6.45) is 15.2. The van der Waals surface area contributed by atoms with E-state index in [9.17, 15) is 0 Å². The molecule has 1 heterocycles. The van der Waals surface area contributed by atoms with Crippen molar-refractivity contribution in [2.45, 2.75) is 96.2 Å². The van der Waals surface area contributed by atoms with Crippen molar-refractivity contribution in [2.24, 2.45) is 11.8 Å². The Morgan fingerprint density at radius 3 is 2.74 bits per heavy atom. The summed E-state index contributed by atoms with van der Waals surface area (Å²) in [7, 11) is 0. The van der Waals surface area contributed by atoms with Gasteiger partial charge in [0, 0.05) is 25.2 Å². The normalized spacial score (nSPS) is 29.0. The molecule has 3 aliphatic rings. The molecule has 0 bridgehead atoms. The molecular weight excluding hydrogens is 330 g/mol. The van der Waals surface area contributed by atoms with E-state index in [1.54, 1.807) is 11.1 Å². The fourth-order valence-electron chi connectivity index (χ4n) is 5.70. The van der Waals surface area contributed by atoms with Gasteiger partial charge in [-0.05, 0) is 80.4 Å². The molecule has 1 aromatic carbocycles. The van der Waals surface area contributed by atoms with E-state index in [4.69, 9.17) is 0 Å². The van der Waals surface area contributed by atoms with Crippen molar-refractivity contribution >= 4 is 0 Å². The Hall–Kier alpha value is -0.900. The van der Waals surface area contributed by atoms with Gasteiger partial charge in [-0.1, -0.05) is 43.9 Å². The molecule has 0 spiro atoms. The zero-order valence-electron chi connectivity index (χ0n) is 17.2. The Balaban J connectivity index is 1.17. The molecule has 3 nitrogen and oxygen atoms in total. The lowest BCUT2D eigenvalue weighted by atomic mass is 9.78. The molecule has 0 aromatic heterocycles. The predicted molar refractivity (Wildman–Crippen MR) is 114 cm³/mol. The van der Waals surface area contributed by atoms with Crippen LogP contribution in [0.4, 0.5) is 0 Å². The second-order valence-electron chi connectivity index (χ2n) is 9.48. The summed E-state index contributed by atoms with van der Waals surface area (Å²) in [6.45, 7) is 4.48. The molecule has 3 N–H and O–H groups in total. The highest BCUT2D eigenvalue weighted by molar-refractivity contribution is 5.36. The van der Waals surface area contributed by atoms with Crippen LogP contribution in [0.25, 0.3) is 0 Å². The van der Waals surface area contributed by atoms with Crippen LogP contribution in [0.2, 0.25) is 0 Å². The maximum atomic E-state index is 3.81. The highest BCUT2D eigenvalue weighted by Gasteiger charge is 2.25. The van der Waals surface area contributed by atoms with E-state index in [0.717, 1.165) is 24.4 Å². The Bertz CT molecular complexity index is 593. The molecule has 150 valence electrons. The largest absolute Gasteiger partial charge is 0.310 e. The Labute approximate surface area is 166 Å². The molecule has 0 radical (unpaired) electrons. The molecule has 1 aromatic rings. The number of nitrogens with one attached hydrogen (secondary N) is 3. The van der Waals surface area contributed by atoms with Crippen molar-refractivity contribution in [3.63, 3.8) is 0 Å². The lowest BCUT2D eigenvalue weighted by molar-refractivity contribution is 0.227. The molecule has 27 heavy (non-hydrogen) atoms. The fraction of sp³-hybridized carbons (Fsp3) is 0.750. The second-order valence-corrected chi connectivity index (χ2v) is 9.48.